The summed E-state index contributed by atoms with van der Waals surface area (Å²) in [5, 5.41) is 3.72. The number of carbonyl (C=O) groups is 1. The van der Waals surface area contributed by atoms with E-state index >= 15 is 0 Å². The Morgan fingerprint density at radius 1 is 1.67 bits per heavy atom. The van der Waals surface area contributed by atoms with Crippen molar-refractivity contribution in [3.63, 3.8) is 0 Å². The van der Waals surface area contributed by atoms with E-state index in [1.165, 1.54) is 6.08 Å². The molecular weight excluding hydrogens is 216 g/mol. The van der Waals surface area contributed by atoms with Crippen LogP contribution < -0.4 is 11.1 Å². The quantitative estimate of drug-likeness (QED) is 0.686. The largest absolute Gasteiger partial charge is 0.347 e. The normalized spacial score (nSPS) is 25.1. The third-order valence-electron chi connectivity index (χ3n) is 2.19. The molecule has 0 aromatic carbocycles. The molecule has 0 fully saturated rings. The van der Waals surface area contributed by atoms with E-state index in [9.17, 15) is 13.2 Å². The first-order valence-electron chi connectivity index (χ1n) is 4.91. The van der Waals surface area contributed by atoms with Crippen molar-refractivity contribution in [1.82, 2.24) is 5.32 Å². The first-order chi connectivity index (χ1) is 6.94. The van der Waals surface area contributed by atoms with E-state index in [2.05, 4.69) is 5.32 Å². The summed E-state index contributed by atoms with van der Waals surface area (Å²) >= 11 is 0. The zero-order valence-corrected chi connectivity index (χ0v) is 9.46. The maximum atomic E-state index is 11.4. The Hall–Kier alpha value is -0.880. The average molecular weight is 232 g/mol. The van der Waals surface area contributed by atoms with Gasteiger partial charge in [-0.15, -0.1) is 0 Å². The molecule has 5 nitrogen and oxygen atoms in total. The van der Waals surface area contributed by atoms with Gasteiger partial charge in [0, 0.05) is 5.41 Å². The van der Waals surface area contributed by atoms with Crippen molar-refractivity contribution in [2.75, 3.05) is 5.75 Å². The minimum absolute atomic E-state index is 0.0580. The number of hydrogen-bond acceptors (Lipinski definition) is 4. The van der Waals surface area contributed by atoms with E-state index in [0.717, 1.165) is 11.8 Å². The summed E-state index contributed by atoms with van der Waals surface area (Å²) in [7, 11) is -3.12. The van der Waals surface area contributed by atoms with Crippen molar-refractivity contribution in [2.45, 2.75) is 31.8 Å². The molecular formula is C9H16N2O3S. The molecule has 15 heavy (non-hydrogen) atoms. The Labute approximate surface area is 89.6 Å². The van der Waals surface area contributed by atoms with Crippen molar-refractivity contribution in [3.05, 3.63) is 11.5 Å². The second kappa shape index (κ2) is 4.76. The van der Waals surface area contributed by atoms with Gasteiger partial charge in [0.05, 0.1) is 17.8 Å². The molecule has 1 rings (SSSR count). The Morgan fingerprint density at radius 3 is 2.80 bits per heavy atom. The van der Waals surface area contributed by atoms with Crippen molar-refractivity contribution in [2.24, 2.45) is 5.73 Å². The lowest BCUT2D eigenvalue weighted by Crippen LogP contribution is -2.45. The maximum Gasteiger partial charge on any atom is 0.237 e. The average Bonchev–Trinajstić information content (AvgIpc) is 2.46. The third kappa shape index (κ3) is 3.64. The Morgan fingerprint density at radius 2 is 2.33 bits per heavy atom. The Bertz CT molecular complexity index is 362. The summed E-state index contributed by atoms with van der Waals surface area (Å²) in [4.78, 5) is 11.4. The first-order valence-corrected chi connectivity index (χ1v) is 6.63. The molecule has 6 heteroatoms. The van der Waals surface area contributed by atoms with Gasteiger partial charge in [-0.1, -0.05) is 13.3 Å². The molecule has 0 aliphatic carbocycles. The summed E-state index contributed by atoms with van der Waals surface area (Å²) < 4.78 is 22.1. The molecule has 0 saturated heterocycles. The van der Waals surface area contributed by atoms with Gasteiger partial charge in [-0.2, -0.15) is 0 Å². The zero-order chi connectivity index (χ0) is 11.5. The predicted octanol–water partition coefficient (Wildman–Crippen LogP) is -0.459. The van der Waals surface area contributed by atoms with Gasteiger partial charge in [0.15, 0.2) is 9.84 Å². The second-order valence-corrected chi connectivity index (χ2v) is 5.60. The summed E-state index contributed by atoms with van der Waals surface area (Å²) in [6, 6.07) is -0.975. The Balaban J connectivity index is 2.44. The molecule has 0 aromatic rings. The molecule has 86 valence electrons. The van der Waals surface area contributed by atoms with Gasteiger partial charge in [0.1, 0.15) is 0 Å². The van der Waals surface area contributed by atoms with E-state index in [1.807, 2.05) is 6.92 Å². The summed E-state index contributed by atoms with van der Waals surface area (Å²) in [6.45, 7) is 1.94. The number of carbonyl (C=O) groups excluding carboxylic acids is 1. The SMILES string of the molecule is CCC[C@H](N)C(=O)NC1C=CS(=O)(=O)C1. The van der Waals surface area contributed by atoms with Gasteiger partial charge < -0.3 is 11.1 Å². The highest BCUT2D eigenvalue weighted by Gasteiger charge is 2.24. The van der Waals surface area contributed by atoms with E-state index in [-0.39, 0.29) is 11.7 Å². The highest BCUT2D eigenvalue weighted by atomic mass is 32.2. The molecule has 1 heterocycles. The number of nitrogens with two attached hydrogens (primary N) is 1. The van der Waals surface area contributed by atoms with E-state index in [0.29, 0.717) is 6.42 Å². The highest BCUT2D eigenvalue weighted by Crippen LogP contribution is 2.08. The van der Waals surface area contributed by atoms with Crippen molar-refractivity contribution < 1.29 is 13.2 Å². The molecule has 0 aromatic heterocycles. The van der Waals surface area contributed by atoms with Gasteiger partial charge in [0.2, 0.25) is 5.91 Å². The fourth-order valence-electron chi connectivity index (χ4n) is 1.40. The van der Waals surface area contributed by atoms with Gasteiger partial charge in [-0.3, -0.25) is 4.79 Å². The zero-order valence-electron chi connectivity index (χ0n) is 8.64. The van der Waals surface area contributed by atoms with Crippen molar-refractivity contribution in [3.8, 4) is 0 Å². The Kier molecular flexibility index (Phi) is 3.87. The number of hydrogen-bond donors (Lipinski definition) is 2. The van der Waals surface area contributed by atoms with Crippen LogP contribution in [0.15, 0.2) is 11.5 Å². The van der Waals surface area contributed by atoms with Crippen LogP contribution in [-0.2, 0) is 14.6 Å². The minimum Gasteiger partial charge on any atom is -0.347 e. The van der Waals surface area contributed by atoms with Crippen LogP contribution in [0, 0.1) is 0 Å². The molecule has 3 N–H and O–H groups in total. The molecule has 2 atom stereocenters. The molecule has 0 radical (unpaired) electrons. The first kappa shape index (κ1) is 12.2. The lowest BCUT2D eigenvalue weighted by atomic mass is 10.1. The number of amides is 1. The number of sulfone groups is 1. The van der Waals surface area contributed by atoms with E-state index < -0.39 is 21.9 Å². The minimum atomic E-state index is -3.12. The van der Waals surface area contributed by atoms with Crippen molar-refractivity contribution >= 4 is 15.7 Å². The number of rotatable bonds is 4. The van der Waals surface area contributed by atoms with Crippen LogP contribution in [0.2, 0.25) is 0 Å². The molecule has 0 saturated carbocycles. The molecule has 1 amide bonds. The van der Waals surface area contributed by atoms with Crippen LogP contribution in [0.4, 0.5) is 0 Å². The van der Waals surface area contributed by atoms with Crippen LogP contribution in [0.25, 0.3) is 0 Å². The van der Waals surface area contributed by atoms with Crippen LogP contribution in [0.5, 0.6) is 0 Å². The van der Waals surface area contributed by atoms with Crippen LogP contribution in [0.1, 0.15) is 19.8 Å². The monoisotopic (exact) mass is 232 g/mol. The predicted molar refractivity (Wildman–Crippen MR) is 57.7 cm³/mol. The molecule has 0 bridgehead atoms. The molecule has 1 unspecified atom stereocenters. The third-order valence-corrected chi connectivity index (χ3v) is 3.59. The second-order valence-electron chi connectivity index (χ2n) is 3.67. The summed E-state index contributed by atoms with van der Waals surface area (Å²) in [5.41, 5.74) is 5.59. The summed E-state index contributed by atoms with van der Waals surface area (Å²) in [5.74, 6) is -0.346. The van der Waals surface area contributed by atoms with Gasteiger partial charge >= 0.3 is 0 Å². The topological polar surface area (TPSA) is 89.3 Å². The smallest absolute Gasteiger partial charge is 0.237 e. The van der Waals surface area contributed by atoms with E-state index in [4.69, 9.17) is 5.73 Å². The van der Waals surface area contributed by atoms with Gasteiger partial charge in [0.25, 0.3) is 0 Å². The van der Waals surface area contributed by atoms with E-state index in [1.54, 1.807) is 0 Å². The number of nitrogens with one attached hydrogen (secondary N) is 1. The van der Waals surface area contributed by atoms with Crippen LogP contribution in [-0.4, -0.2) is 32.2 Å². The maximum absolute atomic E-state index is 11.4. The molecule has 0 spiro atoms. The highest BCUT2D eigenvalue weighted by molar-refractivity contribution is 7.94. The lowest BCUT2D eigenvalue weighted by Gasteiger charge is -2.14. The van der Waals surface area contributed by atoms with Crippen molar-refractivity contribution in [1.29, 1.82) is 0 Å². The standard InChI is InChI=1S/C9H16N2O3S/c1-2-3-8(10)9(12)11-7-4-5-15(13,14)6-7/h4-5,7-8H,2-3,6,10H2,1H3,(H,11,12)/t7?,8-/m0/s1. The molecule has 1 aliphatic rings. The lowest BCUT2D eigenvalue weighted by molar-refractivity contribution is -0.122. The van der Waals surface area contributed by atoms with Crippen LogP contribution in [0.3, 0.4) is 0 Å². The fraction of sp³-hybridized carbons (Fsp3) is 0.667. The van der Waals surface area contributed by atoms with Gasteiger partial charge in [-0.05, 0) is 12.5 Å². The molecule has 1 aliphatic heterocycles. The fourth-order valence-corrected chi connectivity index (χ4v) is 2.63. The summed E-state index contributed by atoms with van der Waals surface area (Å²) in [6.07, 6.45) is 2.91. The van der Waals surface area contributed by atoms with Crippen LogP contribution >= 0.6 is 0 Å². The van der Waals surface area contributed by atoms with Gasteiger partial charge in [-0.25, -0.2) is 8.42 Å².